The lowest BCUT2D eigenvalue weighted by Gasteiger charge is -2.19. The molecule has 0 atom stereocenters. The van der Waals surface area contributed by atoms with Crippen LogP contribution in [0, 0.1) is 6.92 Å². The normalized spacial score (nSPS) is 15.6. The SMILES string of the molecule is CNCCN1CCN(c2ccc(C)c(Cl)c2)C1=O. The molecule has 1 heterocycles. The Bertz CT molecular complexity index is 450. The highest BCUT2D eigenvalue weighted by Gasteiger charge is 2.29. The molecule has 1 aliphatic rings. The fourth-order valence-electron chi connectivity index (χ4n) is 2.03. The van der Waals surface area contributed by atoms with Crippen LogP contribution in [0.1, 0.15) is 5.56 Å². The molecule has 1 aliphatic heterocycles. The van der Waals surface area contributed by atoms with Crippen molar-refractivity contribution >= 4 is 23.3 Å². The topological polar surface area (TPSA) is 35.6 Å². The number of urea groups is 1. The summed E-state index contributed by atoms with van der Waals surface area (Å²) in [7, 11) is 1.89. The summed E-state index contributed by atoms with van der Waals surface area (Å²) in [5.74, 6) is 0. The van der Waals surface area contributed by atoms with Crippen LogP contribution < -0.4 is 10.2 Å². The van der Waals surface area contributed by atoms with E-state index in [1.807, 2.05) is 37.1 Å². The molecular formula is C13H18ClN3O. The average molecular weight is 268 g/mol. The van der Waals surface area contributed by atoms with Crippen LogP contribution >= 0.6 is 11.6 Å². The van der Waals surface area contributed by atoms with Crippen molar-refractivity contribution in [2.24, 2.45) is 0 Å². The molecule has 4 nitrogen and oxygen atoms in total. The smallest absolute Gasteiger partial charge is 0.321 e. The van der Waals surface area contributed by atoms with E-state index in [-0.39, 0.29) is 6.03 Å². The second-order valence-electron chi connectivity index (χ2n) is 4.46. The number of carbonyl (C=O) groups is 1. The third-order valence-corrected chi connectivity index (χ3v) is 3.60. The van der Waals surface area contributed by atoms with Crippen LogP contribution in [-0.2, 0) is 0 Å². The number of benzene rings is 1. The number of hydrogen-bond acceptors (Lipinski definition) is 2. The van der Waals surface area contributed by atoms with Crippen LogP contribution in [0.15, 0.2) is 18.2 Å². The maximum atomic E-state index is 12.2. The Hall–Kier alpha value is -1.26. The van der Waals surface area contributed by atoms with Gasteiger partial charge in [-0.1, -0.05) is 17.7 Å². The molecule has 0 unspecified atom stereocenters. The number of likely N-dealkylation sites (N-methyl/N-ethyl adjacent to an activating group) is 1. The Kier molecular flexibility index (Phi) is 4.09. The molecule has 0 spiro atoms. The minimum absolute atomic E-state index is 0.0603. The second kappa shape index (κ2) is 5.59. The Balaban J connectivity index is 2.10. The molecule has 0 saturated carbocycles. The summed E-state index contributed by atoms with van der Waals surface area (Å²) in [6.45, 7) is 5.00. The van der Waals surface area contributed by atoms with Crippen molar-refractivity contribution in [2.45, 2.75) is 6.92 Å². The lowest BCUT2D eigenvalue weighted by atomic mass is 10.2. The van der Waals surface area contributed by atoms with Gasteiger partial charge in [0, 0.05) is 36.9 Å². The fraction of sp³-hybridized carbons (Fsp3) is 0.462. The van der Waals surface area contributed by atoms with Crippen molar-refractivity contribution in [2.75, 3.05) is 38.1 Å². The molecule has 1 aromatic rings. The molecule has 2 amide bonds. The zero-order chi connectivity index (χ0) is 13.1. The summed E-state index contributed by atoms with van der Waals surface area (Å²) in [6, 6.07) is 5.81. The molecule has 1 saturated heterocycles. The van der Waals surface area contributed by atoms with E-state index in [1.54, 1.807) is 4.90 Å². The summed E-state index contributed by atoms with van der Waals surface area (Å²) in [4.78, 5) is 15.8. The number of nitrogens with zero attached hydrogens (tertiary/aromatic N) is 2. The Morgan fingerprint density at radius 1 is 1.39 bits per heavy atom. The van der Waals surface area contributed by atoms with Crippen molar-refractivity contribution in [1.82, 2.24) is 10.2 Å². The first kappa shape index (κ1) is 13.2. The first-order valence-corrected chi connectivity index (χ1v) is 6.48. The predicted molar refractivity (Wildman–Crippen MR) is 74.4 cm³/mol. The van der Waals surface area contributed by atoms with Gasteiger partial charge >= 0.3 is 6.03 Å². The van der Waals surface area contributed by atoms with E-state index >= 15 is 0 Å². The van der Waals surface area contributed by atoms with Crippen LogP contribution in [0.5, 0.6) is 0 Å². The number of amides is 2. The molecule has 98 valence electrons. The number of halogens is 1. The molecule has 5 heteroatoms. The van der Waals surface area contributed by atoms with Crippen LogP contribution in [0.2, 0.25) is 5.02 Å². The molecule has 2 rings (SSSR count). The molecule has 1 aromatic carbocycles. The fourth-order valence-corrected chi connectivity index (χ4v) is 2.20. The Morgan fingerprint density at radius 3 is 2.83 bits per heavy atom. The maximum Gasteiger partial charge on any atom is 0.324 e. The summed E-state index contributed by atoms with van der Waals surface area (Å²) in [5, 5.41) is 3.76. The van der Waals surface area contributed by atoms with Gasteiger partial charge in [0.2, 0.25) is 0 Å². The number of carbonyl (C=O) groups excluding carboxylic acids is 1. The van der Waals surface area contributed by atoms with Crippen LogP contribution in [0.3, 0.4) is 0 Å². The van der Waals surface area contributed by atoms with Crippen molar-refractivity contribution in [3.63, 3.8) is 0 Å². The molecule has 18 heavy (non-hydrogen) atoms. The van der Waals surface area contributed by atoms with Gasteiger partial charge in [-0.25, -0.2) is 4.79 Å². The van der Waals surface area contributed by atoms with Crippen molar-refractivity contribution in [3.8, 4) is 0 Å². The minimum Gasteiger partial charge on any atom is -0.321 e. The zero-order valence-electron chi connectivity index (χ0n) is 10.7. The summed E-state index contributed by atoms with van der Waals surface area (Å²) < 4.78 is 0. The van der Waals surface area contributed by atoms with Crippen LogP contribution in [0.25, 0.3) is 0 Å². The molecule has 0 aliphatic carbocycles. The molecule has 1 N–H and O–H groups in total. The average Bonchev–Trinajstić information content (AvgIpc) is 2.72. The number of anilines is 1. The largest absolute Gasteiger partial charge is 0.324 e. The summed E-state index contributed by atoms with van der Waals surface area (Å²) in [5.41, 5.74) is 1.90. The van der Waals surface area contributed by atoms with E-state index < -0.39 is 0 Å². The van der Waals surface area contributed by atoms with Gasteiger partial charge < -0.3 is 10.2 Å². The standard InChI is InChI=1S/C13H18ClN3O/c1-10-3-4-11(9-12(10)14)17-8-7-16(13(17)18)6-5-15-2/h3-4,9,15H,5-8H2,1-2H3. The summed E-state index contributed by atoms with van der Waals surface area (Å²) >= 11 is 6.10. The zero-order valence-corrected chi connectivity index (χ0v) is 11.5. The minimum atomic E-state index is 0.0603. The van der Waals surface area contributed by atoms with Gasteiger partial charge in [-0.3, -0.25) is 4.90 Å². The lowest BCUT2D eigenvalue weighted by molar-refractivity contribution is 0.221. The van der Waals surface area contributed by atoms with E-state index in [9.17, 15) is 4.79 Å². The van der Waals surface area contributed by atoms with Gasteiger partial charge in [0.05, 0.1) is 0 Å². The van der Waals surface area contributed by atoms with Gasteiger partial charge in [-0.2, -0.15) is 0 Å². The quantitative estimate of drug-likeness (QED) is 0.907. The van der Waals surface area contributed by atoms with E-state index in [0.717, 1.165) is 37.4 Å². The lowest BCUT2D eigenvalue weighted by Crippen LogP contribution is -2.35. The molecule has 0 bridgehead atoms. The van der Waals surface area contributed by atoms with E-state index in [0.29, 0.717) is 5.02 Å². The third kappa shape index (κ3) is 2.60. The van der Waals surface area contributed by atoms with Crippen molar-refractivity contribution in [3.05, 3.63) is 28.8 Å². The first-order valence-electron chi connectivity index (χ1n) is 6.10. The molecule has 0 radical (unpaired) electrons. The van der Waals surface area contributed by atoms with Crippen LogP contribution in [-0.4, -0.2) is 44.2 Å². The van der Waals surface area contributed by atoms with Crippen molar-refractivity contribution < 1.29 is 4.79 Å². The highest BCUT2D eigenvalue weighted by molar-refractivity contribution is 6.31. The highest BCUT2D eigenvalue weighted by Crippen LogP contribution is 2.25. The molecule has 1 fully saturated rings. The Labute approximate surface area is 113 Å². The third-order valence-electron chi connectivity index (χ3n) is 3.19. The second-order valence-corrected chi connectivity index (χ2v) is 4.87. The number of hydrogen-bond donors (Lipinski definition) is 1. The van der Waals surface area contributed by atoms with E-state index in [2.05, 4.69) is 5.32 Å². The van der Waals surface area contributed by atoms with Gasteiger partial charge in [-0.15, -0.1) is 0 Å². The monoisotopic (exact) mass is 267 g/mol. The van der Waals surface area contributed by atoms with Gasteiger partial charge in [0.1, 0.15) is 0 Å². The highest BCUT2D eigenvalue weighted by atomic mass is 35.5. The number of nitrogens with one attached hydrogen (secondary N) is 1. The summed E-state index contributed by atoms with van der Waals surface area (Å²) in [6.07, 6.45) is 0. The van der Waals surface area contributed by atoms with Crippen molar-refractivity contribution in [1.29, 1.82) is 0 Å². The van der Waals surface area contributed by atoms with Crippen LogP contribution in [0.4, 0.5) is 10.5 Å². The molecule has 0 aromatic heterocycles. The maximum absolute atomic E-state index is 12.2. The van der Waals surface area contributed by atoms with Gasteiger partial charge in [0.25, 0.3) is 0 Å². The number of rotatable bonds is 4. The molecular weight excluding hydrogens is 250 g/mol. The van der Waals surface area contributed by atoms with Gasteiger partial charge in [0.15, 0.2) is 0 Å². The Morgan fingerprint density at radius 2 is 2.17 bits per heavy atom. The first-order chi connectivity index (χ1) is 8.63. The van der Waals surface area contributed by atoms with Gasteiger partial charge in [-0.05, 0) is 31.7 Å². The van der Waals surface area contributed by atoms with E-state index in [4.69, 9.17) is 11.6 Å². The van der Waals surface area contributed by atoms with E-state index in [1.165, 1.54) is 0 Å². The predicted octanol–water partition coefficient (Wildman–Crippen LogP) is 2.11. The number of aryl methyl sites for hydroxylation is 1.